The molecular weight excluding hydrogens is 256 g/mol. The van der Waals surface area contributed by atoms with E-state index in [1.165, 1.54) is 13.2 Å². The normalized spacial score (nSPS) is 12.8. The molecule has 0 amide bonds. The van der Waals surface area contributed by atoms with E-state index in [1.54, 1.807) is 6.08 Å². The molecule has 0 aliphatic carbocycles. The molecule has 0 heterocycles. The van der Waals surface area contributed by atoms with Gasteiger partial charge in [-0.15, -0.1) is 0 Å². The maximum absolute atomic E-state index is 11.1. The van der Waals surface area contributed by atoms with Gasteiger partial charge >= 0.3 is 5.97 Å². The number of carbonyl (C=O) groups is 1. The zero-order valence-electron chi connectivity index (χ0n) is 12.2. The molecule has 0 saturated heterocycles. The third-order valence-corrected chi connectivity index (χ3v) is 2.74. The number of rotatable bonds is 8. The topological polar surface area (TPSA) is 44.8 Å². The minimum Gasteiger partial charge on any atom is -0.466 e. The van der Waals surface area contributed by atoms with E-state index in [0.717, 1.165) is 5.56 Å². The average Bonchev–Trinajstić information content (AvgIpc) is 2.46. The molecule has 1 aromatic rings. The minimum atomic E-state index is -0.385. The second-order valence-electron chi connectivity index (χ2n) is 4.71. The number of benzene rings is 1. The highest BCUT2D eigenvalue weighted by Gasteiger charge is 2.11. The highest BCUT2D eigenvalue weighted by Crippen LogP contribution is 2.09. The lowest BCUT2D eigenvalue weighted by Crippen LogP contribution is -2.19. The van der Waals surface area contributed by atoms with Crippen molar-refractivity contribution >= 4 is 5.97 Å². The fourth-order valence-electron chi connectivity index (χ4n) is 1.57. The van der Waals surface area contributed by atoms with E-state index < -0.39 is 0 Å². The van der Waals surface area contributed by atoms with Crippen molar-refractivity contribution in [2.24, 2.45) is 5.92 Å². The Bertz CT molecular complexity index is 412. The van der Waals surface area contributed by atoms with Crippen LogP contribution in [-0.2, 0) is 25.6 Å². The number of esters is 1. The van der Waals surface area contributed by atoms with Gasteiger partial charge in [0.05, 0.1) is 19.8 Å². The van der Waals surface area contributed by atoms with Crippen LogP contribution >= 0.6 is 0 Å². The van der Waals surface area contributed by atoms with Crippen molar-refractivity contribution < 1.29 is 19.0 Å². The number of methoxy groups -OCH3 is 1. The lowest BCUT2D eigenvalue weighted by Gasteiger charge is -2.17. The molecule has 1 atom stereocenters. The monoisotopic (exact) mass is 278 g/mol. The van der Waals surface area contributed by atoms with Crippen LogP contribution in [-0.4, -0.2) is 26.0 Å². The van der Waals surface area contributed by atoms with Crippen molar-refractivity contribution in [3.8, 4) is 0 Å². The largest absolute Gasteiger partial charge is 0.466 e. The molecule has 0 aliphatic rings. The third kappa shape index (κ3) is 6.50. The van der Waals surface area contributed by atoms with E-state index in [-0.39, 0.29) is 24.8 Å². The molecule has 0 radical (unpaired) electrons. The molecule has 0 fully saturated rings. The van der Waals surface area contributed by atoms with Gasteiger partial charge in [0.2, 0.25) is 0 Å². The van der Waals surface area contributed by atoms with E-state index in [1.807, 2.05) is 44.2 Å². The maximum atomic E-state index is 11.1. The Morgan fingerprint density at radius 1 is 1.25 bits per heavy atom. The summed E-state index contributed by atoms with van der Waals surface area (Å²) in [7, 11) is 1.35. The van der Waals surface area contributed by atoms with Crippen LogP contribution in [0.3, 0.4) is 0 Å². The number of ether oxygens (including phenoxy) is 3. The Balaban J connectivity index is 2.32. The molecule has 4 heteroatoms. The smallest absolute Gasteiger partial charge is 0.330 e. The van der Waals surface area contributed by atoms with Gasteiger partial charge in [-0.25, -0.2) is 4.79 Å². The summed E-state index contributed by atoms with van der Waals surface area (Å²) >= 11 is 0. The van der Waals surface area contributed by atoms with Gasteiger partial charge in [0.25, 0.3) is 0 Å². The van der Waals surface area contributed by atoms with Gasteiger partial charge in [-0.05, 0) is 17.6 Å². The second kappa shape index (κ2) is 9.28. The predicted octanol–water partition coefficient (Wildman–Crippen LogP) is 2.93. The summed E-state index contributed by atoms with van der Waals surface area (Å²) in [5.74, 6) is -0.138. The summed E-state index contributed by atoms with van der Waals surface area (Å²) in [6, 6.07) is 9.89. The SMILES string of the molecule is COC(=O)C=C[C@H](OCOCc1ccccc1)C(C)C. The Labute approximate surface area is 120 Å². The van der Waals surface area contributed by atoms with Crippen LogP contribution in [0.15, 0.2) is 42.5 Å². The van der Waals surface area contributed by atoms with Crippen LogP contribution in [0.4, 0.5) is 0 Å². The van der Waals surface area contributed by atoms with Crippen molar-refractivity contribution in [3.05, 3.63) is 48.0 Å². The summed E-state index contributed by atoms with van der Waals surface area (Å²) in [6.07, 6.45) is 2.90. The van der Waals surface area contributed by atoms with Gasteiger partial charge in [0.1, 0.15) is 6.79 Å². The van der Waals surface area contributed by atoms with Crippen molar-refractivity contribution in [1.82, 2.24) is 0 Å². The molecule has 1 aromatic carbocycles. The Morgan fingerprint density at radius 2 is 1.95 bits per heavy atom. The second-order valence-corrected chi connectivity index (χ2v) is 4.71. The molecule has 0 aliphatic heterocycles. The molecule has 0 bridgehead atoms. The molecule has 0 unspecified atom stereocenters. The summed E-state index contributed by atoms with van der Waals surface area (Å²) in [5, 5.41) is 0. The van der Waals surface area contributed by atoms with Gasteiger partial charge < -0.3 is 14.2 Å². The van der Waals surface area contributed by atoms with E-state index >= 15 is 0 Å². The summed E-state index contributed by atoms with van der Waals surface area (Å²) in [4.78, 5) is 11.1. The van der Waals surface area contributed by atoms with Gasteiger partial charge in [-0.1, -0.05) is 44.2 Å². The Morgan fingerprint density at radius 3 is 2.55 bits per heavy atom. The van der Waals surface area contributed by atoms with Gasteiger partial charge in [0.15, 0.2) is 0 Å². The summed E-state index contributed by atoms with van der Waals surface area (Å²) in [5.41, 5.74) is 1.10. The third-order valence-electron chi connectivity index (χ3n) is 2.74. The molecular formula is C16H22O4. The van der Waals surface area contributed by atoms with Crippen LogP contribution < -0.4 is 0 Å². The molecule has 0 aromatic heterocycles. The number of hydrogen-bond acceptors (Lipinski definition) is 4. The molecule has 0 N–H and O–H groups in total. The highest BCUT2D eigenvalue weighted by atomic mass is 16.7. The standard InChI is InChI=1S/C16H22O4/c1-13(2)15(9-10-16(17)18-3)20-12-19-11-14-7-5-4-6-8-14/h4-10,13,15H,11-12H2,1-3H3/t15-/m0/s1. The van der Waals surface area contributed by atoms with Gasteiger partial charge in [-0.3, -0.25) is 0 Å². The first-order chi connectivity index (χ1) is 9.63. The van der Waals surface area contributed by atoms with Gasteiger partial charge in [0, 0.05) is 6.08 Å². The predicted molar refractivity (Wildman–Crippen MR) is 77.0 cm³/mol. The number of carbonyl (C=O) groups excluding carboxylic acids is 1. The number of hydrogen-bond donors (Lipinski definition) is 0. The first-order valence-corrected chi connectivity index (χ1v) is 6.63. The van der Waals surface area contributed by atoms with Gasteiger partial charge in [-0.2, -0.15) is 0 Å². The van der Waals surface area contributed by atoms with E-state index in [2.05, 4.69) is 4.74 Å². The lowest BCUT2D eigenvalue weighted by molar-refractivity contribution is -0.135. The quantitative estimate of drug-likeness (QED) is 0.317. The van der Waals surface area contributed by atoms with E-state index in [9.17, 15) is 4.79 Å². The van der Waals surface area contributed by atoms with Crippen LogP contribution in [0.1, 0.15) is 19.4 Å². The zero-order chi connectivity index (χ0) is 14.8. The maximum Gasteiger partial charge on any atom is 0.330 e. The highest BCUT2D eigenvalue weighted by molar-refractivity contribution is 5.81. The van der Waals surface area contributed by atoms with Crippen molar-refractivity contribution in [1.29, 1.82) is 0 Å². The summed E-state index contributed by atoms with van der Waals surface area (Å²) < 4.78 is 15.6. The minimum absolute atomic E-state index is 0.176. The first-order valence-electron chi connectivity index (χ1n) is 6.63. The van der Waals surface area contributed by atoms with E-state index in [0.29, 0.717) is 6.61 Å². The van der Waals surface area contributed by atoms with Crippen molar-refractivity contribution in [3.63, 3.8) is 0 Å². The Kier molecular flexibility index (Phi) is 7.62. The molecule has 0 spiro atoms. The van der Waals surface area contributed by atoms with E-state index in [4.69, 9.17) is 9.47 Å². The molecule has 4 nitrogen and oxygen atoms in total. The fraction of sp³-hybridized carbons (Fsp3) is 0.438. The lowest BCUT2D eigenvalue weighted by atomic mass is 10.1. The molecule has 20 heavy (non-hydrogen) atoms. The first kappa shape index (κ1) is 16.4. The van der Waals surface area contributed by atoms with Crippen LogP contribution in [0.5, 0.6) is 0 Å². The van der Waals surface area contributed by atoms with Crippen molar-refractivity contribution in [2.75, 3.05) is 13.9 Å². The molecule has 110 valence electrons. The van der Waals surface area contributed by atoms with Crippen molar-refractivity contribution in [2.45, 2.75) is 26.6 Å². The Hall–Kier alpha value is -1.65. The van der Waals surface area contributed by atoms with Crippen LogP contribution in [0.25, 0.3) is 0 Å². The molecule has 1 rings (SSSR count). The zero-order valence-corrected chi connectivity index (χ0v) is 12.2. The van der Waals surface area contributed by atoms with Crippen LogP contribution in [0, 0.1) is 5.92 Å². The average molecular weight is 278 g/mol. The summed E-state index contributed by atoms with van der Waals surface area (Å²) in [6.45, 7) is 4.72. The molecule has 0 saturated carbocycles. The fourth-order valence-corrected chi connectivity index (χ4v) is 1.57. The van der Waals surface area contributed by atoms with Crippen LogP contribution in [0.2, 0.25) is 0 Å².